The maximum atomic E-state index is 12.8. The summed E-state index contributed by atoms with van der Waals surface area (Å²) in [5.41, 5.74) is 3.04. The van der Waals surface area contributed by atoms with Gasteiger partial charge in [0.1, 0.15) is 18.2 Å². The van der Waals surface area contributed by atoms with Crippen LogP contribution in [0.3, 0.4) is 0 Å². The van der Waals surface area contributed by atoms with Crippen molar-refractivity contribution in [3.8, 4) is 18.1 Å². The van der Waals surface area contributed by atoms with Crippen molar-refractivity contribution in [3.05, 3.63) is 72.1 Å². The molecule has 2 aromatic rings. The van der Waals surface area contributed by atoms with Gasteiger partial charge in [-0.05, 0) is 47.0 Å². The molecule has 0 saturated carbocycles. The van der Waals surface area contributed by atoms with Gasteiger partial charge in [-0.3, -0.25) is 0 Å². The number of halogens is 1. The molecule has 22 heavy (non-hydrogen) atoms. The third-order valence-corrected chi connectivity index (χ3v) is 3.12. The fourth-order valence-electron chi connectivity index (χ4n) is 1.97. The van der Waals surface area contributed by atoms with Crippen LogP contribution < -0.4 is 10.1 Å². The first-order valence-electron chi connectivity index (χ1n) is 6.98. The van der Waals surface area contributed by atoms with Crippen LogP contribution in [-0.2, 0) is 6.61 Å². The largest absolute Gasteiger partial charge is 0.489 e. The SMILES string of the molecule is C#CCNCC(=C)c1cccc(COc2ccc(F)cc2)c1. The molecular weight excluding hydrogens is 277 g/mol. The number of ether oxygens (including phenoxy) is 1. The molecule has 2 aromatic carbocycles. The zero-order valence-corrected chi connectivity index (χ0v) is 12.3. The van der Waals surface area contributed by atoms with Crippen LogP contribution in [0.1, 0.15) is 11.1 Å². The predicted molar refractivity (Wildman–Crippen MR) is 87.9 cm³/mol. The zero-order valence-electron chi connectivity index (χ0n) is 12.3. The van der Waals surface area contributed by atoms with Crippen LogP contribution in [-0.4, -0.2) is 13.1 Å². The molecule has 0 amide bonds. The number of benzene rings is 2. The third-order valence-electron chi connectivity index (χ3n) is 3.12. The van der Waals surface area contributed by atoms with E-state index >= 15 is 0 Å². The average molecular weight is 295 g/mol. The Balaban J connectivity index is 1.95. The third kappa shape index (κ3) is 4.76. The van der Waals surface area contributed by atoms with Crippen molar-refractivity contribution in [2.24, 2.45) is 0 Å². The summed E-state index contributed by atoms with van der Waals surface area (Å²) in [5.74, 6) is 2.90. The summed E-state index contributed by atoms with van der Waals surface area (Å²) in [5, 5.41) is 3.11. The lowest BCUT2D eigenvalue weighted by molar-refractivity contribution is 0.305. The first-order chi connectivity index (χ1) is 10.7. The lowest BCUT2D eigenvalue weighted by atomic mass is 10.0. The molecule has 0 saturated heterocycles. The molecule has 112 valence electrons. The van der Waals surface area contributed by atoms with Gasteiger partial charge in [0.25, 0.3) is 0 Å². The van der Waals surface area contributed by atoms with Crippen molar-refractivity contribution < 1.29 is 9.13 Å². The smallest absolute Gasteiger partial charge is 0.123 e. The van der Waals surface area contributed by atoms with E-state index in [1.807, 2.05) is 24.3 Å². The Kier molecular flexibility index (Phi) is 5.76. The summed E-state index contributed by atoms with van der Waals surface area (Å²) in [6, 6.07) is 14.0. The monoisotopic (exact) mass is 295 g/mol. The fourth-order valence-corrected chi connectivity index (χ4v) is 1.97. The minimum absolute atomic E-state index is 0.273. The van der Waals surface area contributed by atoms with Crippen LogP contribution in [0.15, 0.2) is 55.1 Å². The van der Waals surface area contributed by atoms with Crippen LogP contribution >= 0.6 is 0 Å². The Morgan fingerprint density at radius 1 is 1.23 bits per heavy atom. The van der Waals surface area contributed by atoms with Gasteiger partial charge in [-0.15, -0.1) is 6.42 Å². The topological polar surface area (TPSA) is 21.3 Å². The van der Waals surface area contributed by atoms with Crippen molar-refractivity contribution in [1.82, 2.24) is 5.32 Å². The first kappa shape index (κ1) is 15.8. The van der Waals surface area contributed by atoms with Gasteiger partial charge in [0, 0.05) is 6.54 Å². The van der Waals surface area contributed by atoms with E-state index in [-0.39, 0.29) is 5.82 Å². The minimum Gasteiger partial charge on any atom is -0.489 e. The number of hydrogen-bond donors (Lipinski definition) is 1. The van der Waals surface area contributed by atoms with Crippen molar-refractivity contribution in [1.29, 1.82) is 0 Å². The average Bonchev–Trinajstić information content (AvgIpc) is 2.55. The molecule has 0 atom stereocenters. The molecule has 0 radical (unpaired) electrons. The van der Waals surface area contributed by atoms with E-state index in [0.29, 0.717) is 25.4 Å². The Hall–Kier alpha value is -2.57. The summed E-state index contributed by atoms with van der Waals surface area (Å²) in [4.78, 5) is 0. The molecule has 0 aliphatic carbocycles. The van der Waals surface area contributed by atoms with Gasteiger partial charge in [0.2, 0.25) is 0 Å². The van der Waals surface area contributed by atoms with Crippen molar-refractivity contribution >= 4 is 5.57 Å². The van der Waals surface area contributed by atoms with E-state index in [0.717, 1.165) is 16.7 Å². The second kappa shape index (κ2) is 8.02. The molecule has 0 unspecified atom stereocenters. The molecular formula is C19H18FNO. The van der Waals surface area contributed by atoms with Crippen LogP contribution in [0.25, 0.3) is 5.57 Å². The van der Waals surface area contributed by atoms with Gasteiger partial charge in [0.05, 0.1) is 6.54 Å². The molecule has 3 heteroatoms. The van der Waals surface area contributed by atoms with Gasteiger partial charge in [-0.1, -0.05) is 30.7 Å². The number of terminal acetylenes is 1. The van der Waals surface area contributed by atoms with Crippen LogP contribution in [0.4, 0.5) is 4.39 Å². The van der Waals surface area contributed by atoms with Gasteiger partial charge in [-0.2, -0.15) is 0 Å². The number of nitrogens with one attached hydrogen (secondary N) is 1. The molecule has 0 fully saturated rings. The summed E-state index contributed by atoms with van der Waals surface area (Å²) >= 11 is 0. The standard InChI is InChI=1S/C19H18FNO/c1-3-11-21-13-15(2)17-6-4-5-16(12-17)14-22-19-9-7-18(20)8-10-19/h1,4-10,12,21H,2,11,13-14H2. The molecule has 0 aromatic heterocycles. The van der Waals surface area contributed by atoms with E-state index in [2.05, 4.69) is 17.8 Å². The van der Waals surface area contributed by atoms with Gasteiger partial charge in [-0.25, -0.2) is 4.39 Å². The maximum Gasteiger partial charge on any atom is 0.123 e. The lowest BCUT2D eigenvalue weighted by Crippen LogP contribution is -2.16. The highest BCUT2D eigenvalue weighted by Gasteiger charge is 2.02. The molecule has 1 N–H and O–H groups in total. The van der Waals surface area contributed by atoms with Gasteiger partial charge < -0.3 is 10.1 Å². The quantitative estimate of drug-likeness (QED) is 0.622. The molecule has 0 aliphatic heterocycles. The molecule has 2 rings (SSSR count). The molecule has 0 bridgehead atoms. The van der Waals surface area contributed by atoms with Crippen molar-refractivity contribution in [2.75, 3.05) is 13.1 Å². The normalized spacial score (nSPS) is 10.0. The second-order valence-corrected chi connectivity index (χ2v) is 4.85. The Morgan fingerprint density at radius 2 is 2.00 bits per heavy atom. The minimum atomic E-state index is -0.273. The lowest BCUT2D eigenvalue weighted by Gasteiger charge is -2.10. The highest BCUT2D eigenvalue weighted by molar-refractivity contribution is 5.65. The maximum absolute atomic E-state index is 12.8. The van der Waals surface area contributed by atoms with Crippen LogP contribution in [0.2, 0.25) is 0 Å². The van der Waals surface area contributed by atoms with E-state index in [1.54, 1.807) is 12.1 Å². The highest BCUT2D eigenvalue weighted by atomic mass is 19.1. The van der Waals surface area contributed by atoms with Gasteiger partial charge >= 0.3 is 0 Å². The summed E-state index contributed by atoms with van der Waals surface area (Å²) in [6.45, 7) is 5.64. The highest BCUT2D eigenvalue weighted by Crippen LogP contribution is 2.17. The van der Waals surface area contributed by atoms with Gasteiger partial charge in [0.15, 0.2) is 0 Å². The zero-order chi connectivity index (χ0) is 15.8. The van der Waals surface area contributed by atoms with Crippen LogP contribution in [0.5, 0.6) is 5.75 Å². The second-order valence-electron chi connectivity index (χ2n) is 4.85. The fraction of sp³-hybridized carbons (Fsp3) is 0.158. The Bertz CT molecular complexity index is 671. The van der Waals surface area contributed by atoms with E-state index in [9.17, 15) is 4.39 Å². The number of rotatable bonds is 7. The summed E-state index contributed by atoms with van der Waals surface area (Å²) in [6.07, 6.45) is 5.20. The Labute approximate surface area is 130 Å². The van der Waals surface area contributed by atoms with E-state index in [4.69, 9.17) is 11.2 Å². The summed E-state index contributed by atoms with van der Waals surface area (Å²) < 4.78 is 18.5. The predicted octanol–water partition coefficient (Wildman–Crippen LogP) is 3.64. The molecule has 0 heterocycles. The van der Waals surface area contributed by atoms with E-state index < -0.39 is 0 Å². The van der Waals surface area contributed by atoms with Crippen molar-refractivity contribution in [3.63, 3.8) is 0 Å². The number of hydrogen-bond acceptors (Lipinski definition) is 2. The Morgan fingerprint density at radius 3 is 2.73 bits per heavy atom. The molecule has 2 nitrogen and oxygen atoms in total. The molecule has 0 spiro atoms. The van der Waals surface area contributed by atoms with E-state index in [1.165, 1.54) is 12.1 Å². The molecule has 0 aliphatic rings. The van der Waals surface area contributed by atoms with Crippen molar-refractivity contribution in [2.45, 2.75) is 6.61 Å². The first-order valence-corrected chi connectivity index (χ1v) is 6.98. The van der Waals surface area contributed by atoms with Crippen LogP contribution in [0, 0.1) is 18.2 Å². The summed E-state index contributed by atoms with van der Waals surface area (Å²) in [7, 11) is 0.